The maximum Gasteiger partial charge on any atom is 0.325 e. The van der Waals surface area contributed by atoms with E-state index in [-0.39, 0.29) is 6.03 Å². The Hall–Kier alpha value is -2.60. The monoisotopic (exact) mass is 341 g/mol. The number of nitrogens with one attached hydrogen (secondary N) is 2. The molecule has 0 saturated carbocycles. The lowest BCUT2D eigenvalue weighted by molar-refractivity contribution is 0.262. The molecule has 1 aromatic heterocycles. The van der Waals surface area contributed by atoms with E-state index in [4.69, 9.17) is 4.74 Å². The van der Waals surface area contributed by atoms with Gasteiger partial charge in [0.15, 0.2) is 5.13 Å². The number of aryl methyl sites for hydroxylation is 2. The summed E-state index contributed by atoms with van der Waals surface area (Å²) in [5, 5.41) is 6.17. The summed E-state index contributed by atoms with van der Waals surface area (Å²) in [6.07, 6.45) is 0. The van der Waals surface area contributed by atoms with Gasteiger partial charge < -0.3 is 10.1 Å². The predicted octanol–water partition coefficient (Wildman–Crippen LogP) is 4.96. The predicted molar refractivity (Wildman–Crippen MR) is 99.3 cm³/mol. The van der Waals surface area contributed by atoms with Gasteiger partial charge in [0.25, 0.3) is 0 Å². The zero-order valence-electron chi connectivity index (χ0n) is 13.8. The van der Waals surface area contributed by atoms with Crippen LogP contribution < -0.4 is 15.4 Å². The van der Waals surface area contributed by atoms with E-state index in [0.29, 0.717) is 17.4 Å². The van der Waals surface area contributed by atoms with Gasteiger partial charge in [-0.25, -0.2) is 9.78 Å². The molecule has 2 aromatic carbocycles. The molecule has 2 N–H and O–H groups in total. The Morgan fingerprint density at radius 1 is 1.17 bits per heavy atom. The molecule has 5 nitrogen and oxygen atoms in total. The quantitative estimate of drug-likeness (QED) is 0.705. The third-order valence-electron chi connectivity index (χ3n) is 3.46. The summed E-state index contributed by atoms with van der Waals surface area (Å²) < 4.78 is 6.47. The number of urea groups is 1. The first-order valence-corrected chi connectivity index (χ1v) is 8.55. The fourth-order valence-electron chi connectivity index (χ4n) is 2.49. The number of rotatable bonds is 4. The van der Waals surface area contributed by atoms with Crippen molar-refractivity contribution in [2.45, 2.75) is 20.8 Å². The minimum atomic E-state index is -0.312. The molecule has 2 amide bonds. The van der Waals surface area contributed by atoms with E-state index < -0.39 is 0 Å². The second-order valence-electron chi connectivity index (χ2n) is 5.49. The normalized spacial score (nSPS) is 10.6. The zero-order chi connectivity index (χ0) is 17.1. The molecule has 0 radical (unpaired) electrons. The van der Waals surface area contributed by atoms with Crippen LogP contribution in [-0.4, -0.2) is 17.6 Å². The summed E-state index contributed by atoms with van der Waals surface area (Å²) in [6.45, 7) is 6.64. The smallest absolute Gasteiger partial charge is 0.325 e. The van der Waals surface area contributed by atoms with Crippen molar-refractivity contribution in [1.29, 1.82) is 0 Å². The summed E-state index contributed by atoms with van der Waals surface area (Å²) in [7, 11) is 0. The number of benzene rings is 2. The highest BCUT2D eigenvalue weighted by Crippen LogP contribution is 2.29. The Morgan fingerprint density at radius 3 is 2.62 bits per heavy atom. The van der Waals surface area contributed by atoms with E-state index in [1.54, 1.807) is 12.1 Å². The van der Waals surface area contributed by atoms with Gasteiger partial charge in [-0.05, 0) is 62.2 Å². The van der Waals surface area contributed by atoms with Crippen molar-refractivity contribution in [2.75, 3.05) is 17.2 Å². The van der Waals surface area contributed by atoms with Crippen LogP contribution in [0.15, 0.2) is 36.4 Å². The molecule has 124 valence electrons. The molecule has 6 heteroatoms. The van der Waals surface area contributed by atoms with Gasteiger partial charge in [-0.2, -0.15) is 0 Å². The Kier molecular flexibility index (Phi) is 4.66. The van der Waals surface area contributed by atoms with Gasteiger partial charge in [0.1, 0.15) is 5.75 Å². The van der Waals surface area contributed by atoms with E-state index in [2.05, 4.69) is 28.6 Å². The third kappa shape index (κ3) is 3.65. The molecule has 0 atom stereocenters. The van der Waals surface area contributed by atoms with Gasteiger partial charge >= 0.3 is 6.03 Å². The standard InChI is InChI=1S/C18H19N3O2S/c1-4-23-14-7-5-13(6-8-14)19-17(22)21-18-20-15-10-11(2)9-12(3)16(15)24-18/h5-10H,4H2,1-3H3,(H2,19,20,21,22). The van der Waals surface area contributed by atoms with E-state index in [1.165, 1.54) is 16.9 Å². The maximum atomic E-state index is 12.1. The van der Waals surface area contributed by atoms with Gasteiger partial charge in [0.05, 0.1) is 16.8 Å². The number of hydrogen-bond donors (Lipinski definition) is 2. The number of aromatic nitrogens is 1. The van der Waals surface area contributed by atoms with E-state index in [0.717, 1.165) is 21.5 Å². The number of hydrogen-bond acceptors (Lipinski definition) is 4. The molecule has 0 aliphatic heterocycles. The fraction of sp³-hybridized carbons (Fsp3) is 0.222. The van der Waals surface area contributed by atoms with Gasteiger partial charge in [-0.3, -0.25) is 5.32 Å². The lowest BCUT2D eigenvalue weighted by atomic mass is 10.1. The Bertz CT molecular complexity index is 872. The highest BCUT2D eigenvalue weighted by Gasteiger charge is 2.10. The van der Waals surface area contributed by atoms with Crippen LogP contribution >= 0.6 is 11.3 Å². The fourth-order valence-corrected chi connectivity index (χ4v) is 3.40. The molecule has 24 heavy (non-hydrogen) atoms. The van der Waals surface area contributed by atoms with Gasteiger partial charge in [0, 0.05) is 5.69 Å². The molecule has 0 unspecified atom stereocenters. The average molecular weight is 341 g/mol. The van der Waals surface area contributed by atoms with E-state index in [9.17, 15) is 4.79 Å². The zero-order valence-corrected chi connectivity index (χ0v) is 14.7. The Morgan fingerprint density at radius 2 is 1.92 bits per heavy atom. The molecule has 3 rings (SSSR count). The van der Waals surface area contributed by atoms with Crippen LogP contribution in [0.3, 0.4) is 0 Å². The first-order chi connectivity index (χ1) is 11.5. The van der Waals surface area contributed by atoms with E-state index in [1.807, 2.05) is 32.0 Å². The van der Waals surface area contributed by atoms with Crippen molar-refractivity contribution in [2.24, 2.45) is 0 Å². The largest absolute Gasteiger partial charge is 0.494 e. The molecule has 1 heterocycles. The molecule has 0 fully saturated rings. The number of amides is 2. The van der Waals surface area contributed by atoms with Crippen LogP contribution in [0.2, 0.25) is 0 Å². The average Bonchev–Trinajstić information content (AvgIpc) is 2.92. The summed E-state index contributed by atoms with van der Waals surface area (Å²) in [6, 6.07) is 11.1. The SMILES string of the molecule is CCOc1ccc(NC(=O)Nc2nc3cc(C)cc(C)c3s2)cc1. The van der Waals surface area contributed by atoms with Crippen molar-refractivity contribution < 1.29 is 9.53 Å². The topological polar surface area (TPSA) is 63.2 Å². The van der Waals surface area contributed by atoms with E-state index >= 15 is 0 Å². The highest BCUT2D eigenvalue weighted by atomic mass is 32.1. The molecular weight excluding hydrogens is 322 g/mol. The van der Waals surface area contributed by atoms with Crippen molar-refractivity contribution in [3.05, 3.63) is 47.5 Å². The van der Waals surface area contributed by atoms with Crippen molar-refractivity contribution in [1.82, 2.24) is 4.98 Å². The first-order valence-electron chi connectivity index (χ1n) is 7.74. The van der Waals surface area contributed by atoms with Crippen LogP contribution in [0.5, 0.6) is 5.75 Å². The molecule has 0 bridgehead atoms. The lowest BCUT2D eigenvalue weighted by Crippen LogP contribution is -2.19. The van der Waals surface area contributed by atoms with Crippen LogP contribution in [0.1, 0.15) is 18.1 Å². The van der Waals surface area contributed by atoms with Crippen LogP contribution in [0.4, 0.5) is 15.6 Å². The minimum absolute atomic E-state index is 0.312. The number of anilines is 2. The van der Waals surface area contributed by atoms with Crippen LogP contribution in [0.25, 0.3) is 10.2 Å². The molecule has 0 aliphatic carbocycles. The molecule has 0 spiro atoms. The van der Waals surface area contributed by atoms with Crippen molar-refractivity contribution >= 4 is 38.4 Å². The first kappa shape index (κ1) is 16.3. The number of carbonyl (C=O) groups is 1. The number of fused-ring (bicyclic) bond motifs is 1. The number of ether oxygens (including phenoxy) is 1. The van der Waals surface area contributed by atoms with Crippen LogP contribution in [0, 0.1) is 13.8 Å². The number of nitrogens with zero attached hydrogens (tertiary/aromatic N) is 1. The Labute approximate surface area is 144 Å². The molecule has 3 aromatic rings. The second kappa shape index (κ2) is 6.88. The van der Waals surface area contributed by atoms with Gasteiger partial charge in [-0.15, -0.1) is 0 Å². The lowest BCUT2D eigenvalue weighted by Gasteiger charge is -2.07. The van der Waals surface area contributed by atoms with Crippen molar-refractivity contribution in [3.8, 4) is 5.75 Å². The van der Waals surface area contributed by atoms with Gasteiger partial charge in [-0.1, -0.05) is 17.4 Å². The summed E-state index contributed by atoms with van der Waals surface area (Å²) in [5.41, 5.74) is 3.94. The molecule has 0 saturated heterocycles. The van der Waals surface area contributed by atoms with Crippen LogP contribution in [-0.2, 0) is 0 Å². The summed E-state index contributed by atoms with van der Waals surface area (Å²) >= 11 is 1.48. The summed E-state index contributed by atoms with van der Waals surface area (Å²) in [5.74, 6) is 0.778. The highest BCUT2D eigenvalue weighted by molar-refractivity contribution is 7.22. The third-order valence-corrected chi connectivity index (χ3v) is 4.59. The molecular formula is C18H19N3O2S. The second-order valence-corrected chi connectivity index (χ2v) is 6.48. The maximum absolute atomic E-state index is 12.1. The summed E-state index contributed by atoms with van der Waals surface area (Å²) in [4.78, 5) is 16.6. The molecule has 0 aliphatic rings. The number of thiazole rings is 1. The minimum Gasteiger partial charge on any atom is -0.494 e. The van der Waals surface area contributed by atoms with Crippen molar-refractivity contribution in [3.63, 3.8) is 0 Å². The number of carbonyl (C=O) groups excluding carboxylic acids is 1. The van der Waals surface area contributed by atoms with Gasteiger partial charge in [0.2, 0.25) is 0 Å². The Balaban J connectivity index is 1.69.